The molecular formula is C6H14N2O2. The van der Waals surface area contributed by atoms with Crippen LogP contribution in [-0.2, 0) is 9.57 Å². The van der Waals surface area contributed by atoms with Crippen molar-refractivity contribution in [3.05, 3.63) is 0 Å². The predicted octanol–water partition coefficient (Wildman–Crippen LogP) is -0.225. The van der Waals surface area contributed by atoms with Gasteiger partial charge in [-0.05, 0) is 6.92 Å². The van der Waals surface area contributed by atoms with E-state index in [0.717, 1.165) is 26.3 Å². The highest BCUT2D eigenvalue weighted by atomic mass is 16.7. The van der Waals surface area contributed by atoms with Crippen molar-refractivity contribution in [2.45, 2.75) is 6.92 Å². The average Bonchev–Trinajstić information content (AvgIpc) is 2.03. The number of nitrogens with zero attached hydrogens (tertiary/aromatic N) is 1. The molecule has 1 rings (SSSR count). The van der Waals surface area contributed by atoms with Crippen molar-refractivity contribution in [1.29, 1.82) is 0 Å². The fourth-order valence-electron chi connectivity index (χ4n) is 0.810. The number of hydrogen-bond acceptors (Lipinski definition) is 4. The predicted molar refractivity (Wildman–Crippen MR) is 37.2 cm³/mol. The molecule has 1 aliphatic heterocycles. The van der Waals surface area contributed by atoms with E-state index in [1.54, 1.807) is 0 Å². The molecular weight excluding hydrogens is 132 g/mol. The van der Waals surface area contributed by atoms with Crippen LogP contribution in [0, 0.1) is 0 Å². The van der Waals surface area contributed by atoms with E-state index >= 15 is 0 Å². The largest absolute Gasteiger partial charge is 0.379 e. The molecule has 1 aliphatic rings. The lowest BCUT2D eigenvalue weighted by molar-refractivity contribution is -0.113. The number of nitrogens with one attached hydrogen (secondary N) is 1. The van der Waals surface area contributed by atoms with Crippen LogP contribution in [0.15, 0.2) is 0 Å². The summed E-state index contributed by atoms with van der Waals surface area (Å²) < 4.78 is 5.14. The van der Waals surface area contributed by atoms with Gasteiger partial charge in [-0.1, -0.05) is 0 Å². The summed E-state index contributed by atoms with van der Waals surface area (Å²) in [5.74, 6) is 0. The average molecular weight is 146 g/mol. The van der Waals surface area contributed by atoms with E-state index in [9.17, 15) is 0 Å². The molecule has 1 fully saturated rings. The van der Waals surface area contributed by atoms with Gasteiger partial charge >= 0.3 is 0 Å². The maximum Gasteiger partial charge on any atom is 0.0670 e. The second kappa shape index (κ2) is 4.62. The zero-order chi connectivity index (χ0) is 7.23. The molecule has 10 heavy (non-hydrogen) atoms. The minimum absolute atomic E-state index is 0.692. The summed E-state index contributed by atoms with van der Waals surface area (Å²) >= 11 is 0. The summed E-state index contributed by atoms with van der Waals surface area (Å²) in [6.45, 7) is 6.03. The van der Waals surface area contributed by atoms with Gasteiger partial charge in [0.05, 0.1) is 19.8 Å². The van der Waals surface area contributed by atoms with Gasteiger partial charge in [0.1, 0.15) is 0 Å². The first-order chi connectivity index (χ1) is 4.93. The smallest absolute Gasteiger partial charge is 0.0670 e. The standard InChI is InChI=1S/C6H14N2O2/c1-2-10-7-8-3-5-9-6-4-8/h7H,2-6H2,1H3. The normalized spacial score (nSPS) is 21.3. The van der Waals surface area contributed by atoms with Crippen LogP contribution in [0.3, 0.4) is 0 Å². The van der Waals surface area contributed by atoms with E-state index in [-0.39, 0.29) is 0 Å². The van der Waals surface area contributed by atoms with Gasteiger partial charge in [0.2, 0.25) is 0 Å². The molecule has 0 bridgehead atoms. The van der Waals surface area contributed by atoms with Crippen molar-refractivity contribution in [3.63, 3.8) is 0 Å². The molecule has 1 saturated heterocycles. The van der Waals surface area contributed by atoms with Gasteiger partial charge in [0.15, 0.2) is 0 Å². The molecule has 1 heterocycles. The van der Waals surface area contributed by atoms with Crippen molar-refractivity contribution < 1.29 is 9.57 Å². The molecule has 4 nitrogen and oxygen atoms in total. The van der Waals surface area contributed by atoms with Crippen molar-refractivity contribution in [2.24, 2.45) is 0 Å². The maximum atomic E-state index is 5.14. The summed E-state index contributed by atoms with van der Waals surface area (Å²) in [6.07, 6.45) is 0. The lowest BCUT2D eigenvalue weighted by Crippen LogP contribution is -2.45. The minimum Gasteiger partial charge on any atom is -0.379 e. The Labute approximate surface area is 61.0 Å². The Morgan fingerprint density at radius 3 is 2.80 bits per heavy atom. The van der Waals surface area contributed by atoms with Crippen LogP contribution in [-0.4, -0.2) is 37.9 Å². The molecule has 0 atom stereocenters. The number of hydrogen-bond donors (Lipinski definition) is 1. The van der Waals surface area contributed by atoms with Crippen LogP contribution in [0.2, 0.25) is 0 Å². The Bertz CT molecular complexity index is 83.8. The third-order valence-corrected chi connectivity index (χ3v) is 1.35. The van der Waals surface area contributed by atoms with Crippen molar-refractivity contribution >= 4 is 0 Å². The molecule has 0 aliphatic carbocycles. The second-order valence-corrected chi connectivity index (χ2v) is 2.12. The molecule has 0 amide bonds. The molecule has 0 aromatic carbocycles. The van der Waals surface area contributed by atoms with Crippen LogP contribution in [0.1, 0.15) is 6.92 Å². The first-order valence-corrected chi connectivity index (χ1v) is 3.63. The topological polar surface area (TPSA) is 33.7 Å². The van der Waals surface area contributed by atoms with Gasteiger partial charge in [-0.15, -0.1) is 5.59 Å². The summed E-state index contributed by atoms with van der Waals surface area (Å²) in [5, 5.41) is 2.01. The van der Waals surface area contributed by atoms with Crippen LogP contribution >= 0.6 is 0 Å². The lowest BCUT2D eigenvalue weighted by Gasteiger charge is -2.25. The third kappa shape index (κ3) is 2.62. The number of morpholine rings is 1. The van der Waals surface area contributed by atoms with E-state index < -0.39 is 0 Å². The van der Waals surface area contributed by atoms with E-state index in [4.69, 9.17) is 9.57 Å². The van der Waals surface area contributed by atoms with Gasteiger partial charge in [-0.2, -0.15) is 0 Å². The van der Waals surface area contributed by atoms with Gasteiger partial charge in [-0.3, -0.25) is 4.84 Å². The Kier molecular flexibility index (Phi) is 3.67. The Hall–Kier alpha value is -0.160. The van der Waals surface area contributed by atoms with Gasteiger partial charge in [0.25, 0.3) is 0 Å². The van der Waals surface area contributed by atoms with Crippen LogP contribution < -0.4 is 5.59 Å². The van der Waals surface area contributed by atoms with Crippen molar-refractivity contribution in [1.82, 2.24) is 10.6 Å². The Balaban J connectivity index is 2.02. The summed E-state index contributed by atoms with van der Waals surface area (Å²) in [6, 6.07) is 0. The summed E-state index contributed by atoms with van der Waals surface area (Å²) in [4.78, 5) is 4.99. The molecule has 0 spiro atoms. The van der Waals surface area contributed by atoms with Crippen molar-refractivity contribution in [3.8, 4) is 0 Å². The van der Waals surface area contributed by atoms with Gasteiger partial charge in [0, 0.05) is 13.1 Å². The molecule has 0 aromatic heterocycles. The SMILES string of the molecule is CCONN1CCOCC1. The van der Waals surface area contributed by atoms with Gasteiger partial charge in [-0.25, -0.2) is 5.01 Å². The first kappa shape index (κ1) is 7.94. The Morgan fingerprint density at radius 2 is 2.20 bits per heavy atom. The number of hydrazine groups is 1. The van der Waals surface area contributed by atoms with E-state index in [2.05, 4.69) is 5.59 Å². The fraction of sp³-hybridized carbons (Fsp3) is 1.00. The molecule has 0 radical (unpaired) electrons. The summed E-state index contributed by atoms with van der Waals surface area (Å²) in [5.41, 5.74) is 2.82. The van der Waals surface area contributed by atoms with E-state index in [1.807, 2.05) is 11.9 Å². The molecule has 0 unspecified atom stereocenters. The molecule has 4 heteroatoms. The molecule has 60 valence electrons. The van der Waals surface area contributed by atoms with E-state index in [0.29, 0.717) is 6.61 Å². The van der Waals surface area contributed by atoms with E-state index in [1.165, 1.54) is 0 Å². The fourth-order valence-corrected chi connectivity index (χ4v) is 0.810. The number of rotatable bonds is 3. The first-order valence-electron chi connectivity index (χ1n) is 3.63. The zero-order valence-electron chi connectivity index (χ0n) is 6.30. The number of ether oxygens (including phenoxy) is 1. The molecule has 0 aromatic rings. The van der Waals surface area contributed by atoms with Crippen molar-refractivity contribution in [2.75, 3.05) is 32.9 Å². The third-order valence-electron chi connectivity index (χ3n) is 1.35. The quantitative estimate of drug-likeness (QED) is 0.558. The zero-order valence-corrected chi connectivity index (χ0v) is 6.30. The molecule has 0 saturated carbocycles. The maximum absolute atomic E-state index is 5.14. The Morgan fingerprint density at radius 1 is 1.50 bits per heavy atom. The van der Waals surface area contributed by atoms with Gasteiger partial charge < -0.3 is 4.74 Å². The van der Waals surface area contributed by atoms with Crippen LogP contribution in [0.4, 0.5) is 0 Å². The monoisotopic (exact) mass is 146 g/mol. The summed E-state index contributed by atoms with van der Waals surface area (Å²) in [7, 11) is 0. The highest BCUT2D eigenvalue weighted by molar-refractivity contribution is 4.52. The second-order valence-electron chi connectivity index (χ2n) is 2.12. The minimum atomic E-state index is 0.692. The highest BCUT2D eigenvalue weighted by Gasteiger charge is 2.08. The highest BCUT2D eigenvalue weighted by Crippen LogP contribution is 1.91. The lowest BCUT2D eigenvalue weighted by atomic mass is 10.5. The molecule has 1 N–H and O–H groups in total. The van der Waals surface area contributed by atoms with Crippen LogP contribution in [0.5, 0.6) is 0 Å². The van der Waals surface area contributed by atoms with Crippen LogP contribution in [0.25, 0.3) is 0 Å².